The predicted molar refractivity (Wildman–Crippen MR) is 58.9 cm³/mol. The summed E-state index contributed by atoms with van der Waals surface area (Å²) in [4.78, 5) is 0. The molecule has 1 aromatic heterocycles. The molecule has 1 aromatic rings. The maximum absolute atomic E-state index is 10.1. The van der Waals surface area contributed by atoms with Crippen molar-refractivity contribution in [3.8, 4) is 0 Å². The van der Waals surface area contributed by atoms with Gasteiger partial charge in [0, 0.05) is 19.6 Å². The number of ether oxygens (including phenoxy) is 1. The van der Waals surface area contributed by atoms with E-state index in [0.29, 0.717) is 23.9 Å². The molecular formula is C10H17ClN2O2. The number of aliphatic hydroxyl groups excluding tert-OH is 1. The van der Waals surface area contributed by atoms with Gasteiger partial charge >= 0.3 is 0 Å². The summed E-state index contributed by atoms with van der Waals surface area (Å²) in [5.41, 5.74) is 0.670. The van der Waals surface area contributed by atoms with Crippen molar-refractivity contribution in [3.63, 3.8) is 0 Å². The summed E-state index contributed by atoms with van der Waals surface area (Å²) < 4.78 is 6.71. The number of aryl methyl sites for hydroxylation is 1. The fourth-order valence-electron chi connectivity index (χ4n) is 1.54. The summed E-state index contributed by atoms with van der Waals surface area (Å²) in [5.74, 6) is -0.00509. The number of rotatable bonds is 5. The molecule has 1 N–H and O–H groups in total. The molecule has 0 aliphatic rings. The Bertz CT molecular complexity index is 314. The molecule has 1 rings (SSSR count). The average Bonchev–Trinajstić information content (AvgIpc) is 2.58. The Morgan fingerprint density at radius 2 is 2.33 bits per heavy atom. The van der Waals surface area contributed by atoms with E-state index >= 15 is 0 Å². The van der Waals surface area contributed by atoms with Crippen LogP contribution >= 0.6 is 11.6 Å². The van der Waals surface area contributed by atoms with Crippen LogP contribution in [-0.2, 0) is 11.3 Å². The smallest absolute Gasteiger partial charge is 0.102 e. The summed E-state index contributed by atoms with van der Waals surface area (Å²) in [6.45, 7) is 5.06. The third kappa shape index (κ3) is 2.71. The molecule has 0 aliphatic heterocycles. The van der Waals surface area contributed by atoms with Gasteiger partial charge < -0.3 is 9.84 Å². The lowest BCUT2D eigenvalue weighted by Gasteiger charge is -2.19. The van der Waals surface area contributed by atoms with Crippen LogP contribution in [0.25, 0.3) is 0 Å². The van der Waals surface area contributed by atoms with Crippen molar-refractivity contribution in [1.29, 1.82) is 0 Å². The van der Waals surface area contributed by atoms with Crippen LogP contribution in [0.15, 0.2) is 6.20 Å². The number of nitrogens with zero attached hydrogens (tertiary/aromatic N) is 2. The number of hydrogen-bond donors (Lipinski definition) is 1. The van der Waals surface area contributed by atoms with Crippen LogP contribution in [0.2, 0.25) is 5.02 Å². The van der Waals surface area contributed by atoms with E-state index in [2.05, 4.69) is 5.10 Å². The Kier molecular flexibility index (Phi) is 4.57. The molecule has 2 atom stereocenters. The van der Waals surface area contributed by atoms with Crippen molar-refractivity contribution in [1.82, 2.24) is 9.78 Å². The largest absolute Gasteiger partial charge is 0.386 e. The first kappa shape index (κ1) is 12.5. The van der Waals surface area contributed by atoms with Crippen LogP contribution in [0, 0.1) is 5.92 Å². The third-order valence-electron chi connectivity index (χ3n) is 2.38. The first-order valence-corrected chi connectivity index (χ1v) is 5.37. The van der Waals surface area contributed by atoms with E-state index in [9.17, 15) is 5.11 Å². The van der Waals surface area contributed by atoms with E-state index < -0.39 is 6.10 Å². The van der Waals surface area contributed by atoms with Crippen LogP contribution in [-0.4, -0.2) is 28.6 Å². The molecule has 1 heterocycles. The summed E-state index contributed by atoms with van der Waals surface area (Å²) in [5, 5.41) is 14.7. The minimum absolute atomic E-state index is 0.00509. The van der Waals surface area contributed by atoms with Gasteiger partial charge in [-0.1, -0.05) is 18.5 Å². The van der Waals surface area contributed by atoms with Gasteiger partial charge in [0.25, 0.3) is 0 Å². The number of aromatic nitrogens is 2. The van der Waals surface area contributed by atoms with Gasteiger partial charge in [-0.15, -0.1) is 0 Å². The minimum Gasteiger partial charge on any atom is -0.386 e. The lowest BCUT2D eigenvalue weighted by molar-refractivity contribution is 0.0513. The molecule has 0 amide bonds. The molecule has 5 heteroatoms. The van der Waals surface area contributed by atoms with Crippen molar-refractivity contribution in [2.75, 3.05) is 13.7 Å². The van der Waals surface area contributed by atoms with Crippen molar-refractivity contribution in [3.05, 3.63) is 16.9 Å². The molecule has 15 heavy (non-hydrogen) atoms. The monoisotopic (exact) mass is 232 g/mol. The number of halogens is 1. The first-order chi connectivity index (χ1) is 7.11. The Balaban J connectivity index is 2.88. The number of aliphatic hydroxyl groups is 1. The highest BCUT2D eigenvalue weighted by atomic mass is 35.5. The highest BCUT2D eigenvalue weighted by Crippen LogP contribution is 2.28. The van der Waals surface area contributed by atoms with Gasteiger partial charge in [-0.05, 0) is 6.92 Å². The second kappa shape index (κ2) is 5.49. The van der Waals surface area contributed by atoms with Crippen molar-refractivity contribution in [2.24, 2.45) is 5.92 Å². The van der Waals surface area contributed by atoms with Gasteiger partial charge in [0.15, 0.2) is 0 Å². The lowest BCUT2D eigenvalue weighted by atomic mass is 10.0. The fraction of sp³-hybridized carbons (Fsp3) is 0.700. The maximum atomic E-state index is 10.1. The summed E-state index contributed by atoms with van der Waals surface area (Å²) >= 11 is 5.98. The highest BCUT2D eigenvalue weighted by molar-refractivity contribution is 6.31. The quantitative estimate of drug-likeness (QED) is 0.843. The zero-order chi connectivity index (χ0) is 11.4. The standard InChI is InChI=1S/C10H17ClN2O2/c1-4-13-9(8(11)5-12-13)10(14)7(2)6-15-3/h5,7,10,14H,4,6H2,1-3H3. The Labute approximate surface area is 94.8 Å². The van der Waals surface area contributed by atoms with E-state index in [1.54, 1.807) is 18.0 Å². The molecule has 0 radical (unpaired) electrons. The Morgan fingerprint density at radius 3 is 2.87 bits per heavy atom. The third-order valence-corrected chi connectivity index (χ3v) is 2.67. The van der Waals surface area contributed by atoms with E-state index in [4.69, 9.17) is 16.3 Å². The van der Waals surface area contributed by atoms with Crippen LogP contribution < -0.4 is 0 Å². The molecule has 0 spiro atoms. The molecule has 0 bridgehead atoms. The van der Waals surface area contributed by atoms with Gasteiger partial charge in [-0.25, -0.2) is 0 Å². The molecule has 86 valence electrons. The van der Waals surface area contributed by atoms with Crippen LogP contribution in [0.1, 0.15) is 25.6 Å². The molecule has 0 aromatic carbocycles. The molecule has 2 unspecified atom stereocenters. The SMILES string of the molecule is CCn1ncc(Cl)c1C(O)C(C)COC. The normalized spacial score (nSPS) is 15.3. The van der Waals surface area contributed by atoms with Crippen molar-refractivity contribution < 1.29 is 9.84 Å². The molecule has 0 saturated carbocycles. The number of hydrogen-bond acceptors (Lipinski definition) is 3. The Hall–Kier alpha value is -0.580. The van der Waals surface area contributed by atoms with Gasteiger partial charge in [-0.2, -0.15) is 5.10 Å². The molecule has 0 aliphatic carbocycles. The van der Waals surface area contributed by atoms with E-state index in [1.807, 2.05) is 13.8 Å². The predicted octanol–water partition coefficient (Wildman–Crippen LogP) is 1.87. The van der Waals surface area contributed by atoms with Crippen LogP contribution in [0.3, 0.4) is 0 Å². The first-order valence-electron chi connectivity index (χ1n) is 5.00. The van der Waals surface area contributed by atoms with Crippen LogP contribution in [0.5, 0.6) is 0 Å². The average molecular weight is 233 g/mol. The zero-order valence-electron chi connectivity index (χ0n) is 9.27. The lowest BCUT2D eigenvalue weighted by Crippen LogP contribution is -2.18. The van der Waals surface area contributed by atoms with Gasteiger partial charge in [0.05, 0.1) is 23.5 Å². The van der Waals surface area contributed by atoms with Gasteiger partial charge in [0.1, 0.15) is 6.10 Å². The molecule has 4 nitrogen and oxygen atoms in total. The molecule has 0 fully saturated rings. The minimum atomic E-state index is -0.639. The fourth-order valence-corrected chi connectivity index (χ4v) is 1.79. The van der Waals surface area contributed by atoms with Gasteiger partial charge in [-0.3, -0.25) is 4.68 Å². The highest BCUT2D eigenvalue weighted by Gasteiger charge is 2.23. The van der Waals surface area contributed by atoms with E-state index in [-0.39, 0.29) is 5.92 Å². The second-order valence-electron chi connectivity index (χ2n) is 3.57. The number of methoxy groups -OCH3 is 1. The van der Waals surface area contributed by atoms with E-state index in [1.165, 1.54) is 0 Å². The zero-order valence-corrected chi connectivity index (χ0v) is 10.0. The van der Waals surface area contributed by atoms with Crippen molar-refractivity contribution in [2.45, 2.75) is 26.5 Å². The second-order valence-corrected chi connectivity index (χ2v) is 3.98. The molecule has 0 saturated heterocycles. The van der Waals surface area contributed by atoms with E-state index in [0.717, 1.165) is 0 Å². The van der Waals surface area contributed by atoms with Crippen LogP contribution in [0.4, 0.5) is 0 Å². The van der Waals surface area contributed by atoms with Crippen molar-refractivity contribution >= 4 is 11.6 Å². The van der Waals surface area contributed by atoms with Gasteiger partial charge in [0.2, 0.25) is 0 Å². The maximum Gasteiger partial charge on any atom is 0.102 e. The summed E-state index contributed by atoms with van der Waals surface area (Å²) in [6.07, 6.45) is 0.920. The summed E-state index contributed by atoms with van der Waals surface area (Å²) in [7, 11) is 1.61. The topological polar surface area (TPSA) is 47.3 Å². The molecular weight excluding hydrogens is 216 g/mol. The Morgan fingerprint density at radius 1 is 1.67 bits per heavy atom. The summed E-state index contributed by atoms with van der Waals surface area (Å²) in [6, 6.07) is 0.